The van der Waals surface area contributed by atoms with Crippen molar-refractivity contribution in [2.75, 3.05) is 11.1 Å². The number of nitrogen functional groups attached to an aromatic ring is 1. The molecule has 5 heteroatoms. The van der Waals surface area contributed by atoms with E-state index in [1.54, 1.807) is 18.2 Å². The van der Waals surface area contributed by atoms with Gasteiger partial charge < -0.3 is 16.4 Å². The van der Waals surface area contributed by atoms with E-state index in [-0.39, 0.29) is 12.1 Å². The Hall–Kier alpha value is -1.42. The molecule has 4 nitrogen and oxygen atoms in total. The Morgan fingerprint density at radius 2 is 2.20 bits per heavy atom. The molecule has 0 aromatic heterocycles. The van der Waals surface area contributed by atoms with E-state index in [1.807, 2.05) is 6.92 Å². The van der Waals surface area contributed by atoms with Crippen LogP contribution in [0.15, 0.2) is 18.2 Å². The van der Waals surface area contributed by atoms with Crippen LogP contribution in [0.3, 0.4) is 0 Å². The number of carbonyl (C=O) groups is 1. The number of halogens is 1. The number of benzene rings is 1. The van der Waals surface area contributed by atoms with Crippen molar-refractivity contribution in [1.82, 2.24) is 5.32 Å². The first-order valence-corrected chi connectivity index (χ1v) is 4.95. The lowest BCUT2D eigenvalue weighted by Crippen LogP contribution is -2.36. The number of hydrogen-bond donors (Lipinski definition) is 3. The summed E-state index contributed by atoms with van der Waals surface area (Å²) >= 11 is 5.82. The summed E-state index contributed by atoms with van der Waals surface area (Å²) in [5, 5.41) is 6.33. The van der Waals surface area contributed by atoms with Gasteiger partial charge in [-0.3, -0.25) is 4.79 Å². The van der Waals surface area contributed by atoms with E-state index in [1.165, 1.54) is 6.92 Å². The van der Waals surface area contributed by atoms with Crippen LogP contribution in [0.5, 0.6) is 0 Å². The molecule has 0 fully saturated rings. The molecule has 15 heavy (non-hydrogen) atoms. The largest absolute Gasteiger partial charge is 0.397 e. The number of rotatable bonds is 3. The molecule has 0 radical (unpaired) electrons. The Bertz CT molecular complexity index is 368. The fraction of sp³-hybridized carbons (Fsp3) is 0.300. The first-order valence-electron chi connectivity index (χ1n) is 4.57. The maximum Gasteiger partial charge on any atom is 0.218 e. The normalized spacial score (nSPS) is 11.9. The van der Waals surface area contributed by atoms with Crippen LogP contribution >= 0.6 is 11.6 Å². The van der Waals surface area contributed by atoms with Crippen LogP contribution in [-0.2, 0) is 4.79 Å². The summed E-state index contributed by atoms with van der Waals surface area (Å²) in [6.07, 6.45) is -0.191. The van der Waals surface area contributed by atoms with Gasteiger partial charge in [0.1, 0.15) is 0 Å². The molecule has 4 N–H and O–H groups in total. The zero-order valence-corrected chi connectivity index (χ0v) is 9.43. The van der Waals surface area contributed by atoms with Crippen molar-refractivity contribution in [2.45, 2.75) is 20.0 Å². The highest BCUT2D eigenvalue weighted by Crippen LogP contribution is 2.23. The molecule has 0 heterocycles. The molecule has 1 unspecified atom stereocenters. The third-order valence-corrected chi connectivity index (χ3v) is 2.04. The maximum atomic E-state index is 10.8. The van der Waals surface area contributed by atoms with Crippen molar-refractivity contribution < 1.29 is 4.79 Å². The molecular weight excluding hydrogens is 214 g/mol. The van der Waals surface area contributed by atoms with E-state index in [9.17, 15) is 4.79 Å². The van der Waals surface area contributed by atoms with E-state index >= 15 is 0 Å². The van der Waals surface area contributed by atoms with Crippen LogP contribution in [0.4, 0.5) is 11.4 Å². The van der Waals surface area contributed by atoms with E-state index < -0.39 is 0 Å². The molecular formula is C10H14ClN3O. The van der Waals surface area contributed by atoms with Gasteiger partial charge in [0.05, 0.1) is 17.5 Å². The average Bonchev–Trinajstić information content (AvgIpc) is 2.10. The minimum Gasteiger partial charge on any atom is -0.397 e. The van der Waals surface area contributed by atoms with Gasteiger partial charge in [0, 0.05) is 11.9 Å². The SMILES string of the molecule is CC(=O)NC(C)Nc1cc(Cl)ccc1N. The highest BCUT2D eigenvalue weighted by atomic mass is 35.5. The Balaban J connectivity index is 2.71. The fourth-order valence-corrected chi connectivity index (χ4v) is 1.40. The Morgan fingerprint density at radius 3 is 2.80 bits per heavy atom. The standard InChI is InChI=1S/C10H14ClN3O/c1-6(13-7(2)15)14-10-5-8(11)3-4-9(10)12/h3-6,14H,12H2,1-2H3,(H,13,15). The zero-order chi connectivity index (χ0) is 11.4. The number of amides is 1. The van der Waals surface area contributed by atoms with Gasteiger partial charge in [0.15, 0.2) is 0 Å². The van der Waals surface area contributed by atoms with Crippen LogP contribution in [-0.4, -0.2) is 12.1 Å². The smallest absolute Gasteiger partial charge is 0.218 e. The Morgan fingerprint density at radius 1 is 1.53 bits per heavy atom. The highest BCUT2D eigenvalue weighted by molar-refractivity contribution is 6.31. The van der Waals surface area contributed by atoms with Gasteiger partial charge in [-0.25, -0.2) is 0 Å². The van der Waals surface area contributed by atoms with Crippen molar-refractivity contribution in [2.24, 2.45) is 0 Å². The number of anilines is 2. The Kier molecular flexibility index (Phi) is 3.80. The average molecular weight is 228 g/mol. The molecule has 0 saturated heterocycles. The quantitative estimate of drug-likeness (QED) is 0.545. The number of carbonyl (C=O) groups excluding carboxylic acids is 1. The molecule has 1 rings (SSSR count). The molecule has 1 aromatic rings. The lowest BCUT2D eigenvalue weighted by atomic mass is 10.2. The second-order valence-corrected chi connectivity index (χ2v) is 3.73. The van der Waals surface area contributed by atoms with Crippen molar-refractivity contribution in [1.29, 1.82) is 0 Å². The summed E-state index contributed by atoms with van der Waals surface area (Å²) in [6, 6.07) is 5.14. The third-order valence-electron chi connectivity index (χ3n) is 1.81. The Labute approximate surface area is 93.8 Å². The molecule has 0 saturated carbocycles. The molecule has 0 bridgehead atoms. The second kappa shape index (κ2) is 4.89. The number of nitrogens with two attached hydrogens (primary N) is 1. The molecule has 1 amide bonds. The van der Waals surface area contributed by atoms with E-state index in [4.69, 9.17) is 17.3 Å². The first-order chi connectivity index (χ1) is 6.99. The van der Waals surface area contributed by atoms with E-state index in [2.05, 4.69) is 10.6 Å². The minimum atomic E-state index is -0.191. The molecule has 1 aromatic carbocycles. The molecule has 1 atom stereocenters. The summed E-state index contributed by atoms with van der Waals surface area (Å²) < 4.78 is 0. The van der Waals surface area contributed by atoms with Gasteiger partial charge in [0.2, 0.25) is 5.91 Å². The van der Waals surface area contributed by atoms with Gasteiger partial charge in [-0.1, -0.05) is 11.6 Å². The van der Waals surface area contributed by atoms with E-state index in [0.717, 1.165) is 0 Å². The predicted molar refractivity (Wildman–Crippen MR) is 62.8 cm³/mol. The summed E-state index contributed by atoms with van der Waals surface area (Å²) in [6.45, 7) is 3.28. The summed E-state index contributed by atoms with van der Waals surface area (Å²) in [5.74, 6) is -0.101. The number of hydrogen-bond acceptors (Lipinski definition) is 3. The molecule has 0 aliphatic carbocycles. The van der Waals surface area contributed by atoms with Crippen molar-refractivity contribution in [3.8, 4) is 0 Å². The predicted octanol–water partition coefficient (Wildman–Crippen LogP) is 1.82. The summed E-state index contributed by atoms with van der Waals surface area (Å²) in [7, 11) is 0. The minimum absolute atomic E-state index is 0.101. The van der Waals surface area contributed by atoms with Crippen molar-refractivity contribution >= 4 is 28.9 Å². The zero-order valence-electron chi connectivity index (χ0n) is 8.67. The van der Waals surface area contributed by atoms with Crippen molar-refractivity contribution in [3.05, 3.63) is 23.2 Å². The fourth-order valence-electron chi connectivity index (χ4n) is 1.23. The summed E-state index contributed by atoms with van der Waals surface area (Å²) in [5.41, 5.74) is 7.04. The monoisotopic (exact) mass is 227 g/mol. The van der Waals surface area contributed by atoms with Gasteiger partial charge >= 0.3 is 0 Å². The van der Waals surface area contributed by atoms with Gasteiger partial charge in [-0.2, -0.15) is 0 Å². The lowest BCUT2D eigenvalue weighted by Gasteiger charge is -2.17. The lowest BCUT2D eigenvalue weighted by molar-refractivity contribution is -0.119. The highest BCUT2D eigenvalue weighted by Gasteiger charge is 2.05. The topological polar surface area (TPSA) is 67.2 Å². The van der Waals surface area contributed by atoms with Crippen LogP contribution < -0.4 is 16.4 Å². The summed E-state index contributed by atoms with van der Waals surface area (Å²) in [4.78, 5) is 10.8. The van der Waals surface area contributed by atoms with Gasteiger partial charge in [-0.05, 0) is 25.1 Å². The second-order valence-electron chi connectivity index (χ2n) is 3.30. The molecule has 82 valence electrons. The van der Waals surface area contributed by atoms with Crippen LogP contribution in [0.2, 0.25) is 5.02 Å². The van der Waals surface area contributed by atoms with E-state index in [0.29, 0.717) is 16.4 Å². The molecule has 0 aliphatic heterocycles. The van der Waals surface area contributed by atoms with Crippen LogP contribution in [0.25, 0.3) is 0 Å². The van der Waals surface area contributed by atoms with Crippen LogP contribution in [0, 0.1) is 0 Å². The van der Waals surface area contributed by atoms with Crippen LogP contribution in [0.1, 0.15) is 13.8 Å². The van der Waals surface area contributed by atoms with Gasteiger partial charge in [-0.15, -0.1) is 0 Å². The maximum absolute atomic E-state index is 10.8. The molecule has 0 spiro atoms. The van der Waals surface area contributed by atoms with Gasteiger partial charge in [0.25, 0.3) is 0 Å². The van der Waals surface area contributed by atoms with Crippen molar-refractivity contribution in [3.63, 3.8) is 0 Å². The number of nitrogens with one attached hydrogen (secondary N) is 2. The molecule has 0 aliphatic rings. The third kappa shape index (κ3) is 3.67. The first kappa shape index (κ1) is 11.7.